The van der Waals surface area contributed by atoms with Gasteiger partial charge in [-0.3, -0.25) is 10.2 Å². The van der Waals surface area contributed by atoms with Crippen LogP contribution in [0.4, 0.5) is 4.79 Å². The second-order valence-corrected chi connectivity index (χ2v) is 7.99. The van der Waals surface area contributed by atoms with E-state index in [1.54, 1.807) is 0 Å². The number of nitrogens with one attached hydrogen (secondary N) is 1. The molecule has 0 bridgehead atoms. The fraction of sp³-hybridized carbons (Fsp3) is 0.619. The van der Waals surface area contributed by atoms with Gasteiger partial charge in [-0.1, -0.05) is 11.6 Å². The van der Waals surface area contributed by atoms with Gasteiger partial charge >= 0.3 is 6.09 Å². The molecule has 4 aliphatic rings. The molecule has 2 amide bonds. The molecule has 0 aromatic heterocycles. The van der Waals surface area contributed by atoms with Crippen molar-refractivity contribution in [2.24, 2.45) is 11.8 Å². The van der Waals surface area contributed by atoms with Crippen molar-refractivity contribution in [3.05, 3.63) is 34.6 Å². The van der Waals surface area contributed by atoms with Gasteiger partial charge in [-0.05, 0) is 62.5 Å². The zero-order valence-corrected chi connectivity index (χ0v) is 16.0. The van der Waals surface area contributed by atoms with Crippen LogP contribution in [0.3, 0.4) is 0 Å². The molecule has 0 spiro atoms. The molecule has 3 aliphatic carbocycles. The van der Waals surface area contributed by atoms with E-state index in [0.29, 0.717) is 24.6 Å². The van der Waals surface area contributed by atoms with Crippen molar-refractivity contribution < 1.29 is 19.1 Å². The van der Waals surface area contributed by atoms with Crippen molar-refractivity contribution in [3.8, 4) is 0 Å². The van der Waals surface area contributed by atoms with Crippen molar-refractivity contribution in [1.82, 2.24) is 10.4 Å². The predicted molar refractivity (Wildman–Crippen MR) is 100 cm³/mol. The van der Waals surface area contributed by atoms with Crippen LogP contribution in [0.5, 0.6) is 0 Å². The lowest BCUT2D eigenvalue weighted by Crippen LogP contribution is -2.50. The summed E-state index contributed by atoms with van der Waals surface area (Å²) in [7, 11) is 0. The Bertz CT molecular complexity index is 714. The third kappa shape index (κ3) is 4.54. The normalized spacial score (nSPS) is 23.7. The SMILES string of the molecule is CC1=C(C(=O)NN2CCCOC2=O)C=CC(C2CC2)=C(OCC2CC2)CC1. The number of nitrogens with zero attached hydrogens (tertiary/aromatic N) is 1. The average molecular weight is 372 g/mol. The first-order chi connectivity index (χ1) is 13.1. The summed E-state index contributed by atoms with van der Waals surface area (Å²) in [6.45, 7) is 3.69. The zero-order valence-electron chi connectivity index (χ0n) is 16.0. The number of carbonyl (C=O) groups excluding carboxylic acids is 2. The number of hydrogen-bond acceptors (Lipinski definition) is 4. The van der Waals surface area contributed by atoms with E-state index in [2.05, 4.69) is 11.5 Å². The highest BCUT2D eigenvalue weighted by molar-refractivity contribution is 5.97. The Kier molecular flexibility index (Phi) is 5.23. The Hall–Kier alpha value is -2.24. The van der Waals surface area contributed by atoms with Crippen molar-refractivity contribution in [2.45, 2.75) is 51.9 Å². The number of hydrogen-bond donors (Lipinski definition) is 1. The van der Waals surface area contributed by atoms with Crippen LogP contribution in [0.1, 0.15) is 51.9 Å². The van der Waals surface area contributed by atoms with Gasteiger partial charge in [-0.25, -0.2) is 9.80 Å². The van der Waals surface area contributed by atoms with Gasteiger partial charge in [0.05, 0.1) is 19.0 Å². The van der Waals surface area contributed by atoms with Crippen molar-refractivity contribution in [1.29, 1.82) is 0 Å². The summed E-state index contributed by atoms with van der Waals surface area (Å²) in [5.74, 6) is 2.16. The van der Waals surface area contributed by atoms with E-state index in [4.69, 9.17) is 9.47 Å². The molecule has 0 radical (unpaired) electrons. The van der Waals surface area contributed by atoms with E-state index in [-0.39, 0.29) is 5.91 Å². The number of rotatable bonds is 6. The first kappa shape index (κ1) is 18.1. The molecular formula is C21H28N2O4. The Balaban J connectivity index is 1.48. The minimum absolute atomic E-state index is 0.250. The van der Waals surface area contributed by atoms with Crippen molar-refractivity contribution in [2.75, 3.05) is 19.8 Å². The summed E-state index contributed by atoms with van der Waals surface area (Å²) >= 11 is 0. The van der Waals surface area contributed by atoms with Gasteiger partial charge in [-0.15, -0.1) is 0 Å². The van der Waals surface area contributed by atoms with Gasteiger partial charge in [0, 0.05) is 25.0 Å². The quantitative estimate of drug-likeness (QED) is 0.773. The van der Waals surface area contributed by atoms with Crippen LogP contribution in [0.25, 0.3) is 0 Å². The summed E-state index contributed by atoms with van der Waals surface area (Å²) in [4.78, 5) is 24.5. The number of cyclic esters (lactones) is 1. The van der Waals surface area contributed by atoms with Crippen LogP contribution in [-0.2, 0) is 14.3 Å². The molecule has 146 valence electrons. The molecule has 1 heterocycles. The lowest BCUT2D eigenvalue weighted by molar-refractivity contribution is -0.122. The zero-order chi connectivity index (χ0) is 18.8. The molecule has 6 heteroatoms. The van der Waals surface area contributed by atoms with Crippen LogP contribution in [0, 0.1) is 11.8 Å². The topological polar surface area (TPSA) is 67.9 Å². The van der Waals surface area contributed by atoms with Gasteiger partial charge in [0.2, 0.25) is 0 Å². The van der Waals surface area contributed by atoms with E-state index >= 15 is 0 Å². The molecule has 0 aromatic carbocycles. The second kappa shape index (κ2) is 7.79. The van der Waals surface area contributed by atoms with Crippen LogP contribution in [0.2, 0.25) is 0 Å². The molecular weight excluding hydrogens is 344 g/mol. The maximum Gasteiger partial charge on any atom is 0.428 e. The Morgan fingerprint density at radius 1 is 1.26 bits per heavy atom. The van der Waals surface area contributed by atoms with Crippen LogP contribution < -0.4 is 5.43 Å². The summed E-state index contributed by atoms with van der Waals surface area (Å²) in [6.07, 6.45) is 10.8. The lowest BCUT2D eigenvalue weighted by atomic mass is 9.96. The van der Waals surface area contributed by atoms with Gasteiger partial charge in [-0.2, -0.15) is 0 Å². The smallest absolute Gasteiger partial charge is 0.428 e. The monoisotopic (exact) mass is 372 g/mol. The minimum atomic E-state index is -0.489. The number of allylic oxidation sites excluding steroid dienone is 4. The second-order valence-electron chi connectivity index (χ2n) is 7.99. The van der Waals surface area contributed by atoms with Crippen molar-refractivity contribution in [3.63, 3.8) is 0 Å². The van der Waals surface area contributed by atoms with E-state index in [1.807, 2.05) is 13.0 Å². The first-order valence-corrected chi connectivity index (χ1v) is 10.1. The first-order valence-electron chi connectivity index (χ1n) is 10.1. The largest absolute Gasteiger partial charge is 0.497 e. The van der Waals surface area contributed by atoms with Gasteiger partial charge in [0.1, 0.15) is 0 Å². The fourth-order valence-electron chi connectivity index (χ4n) is 3.51. The minimum Gasteiger partial charge on any atom is -0.497 e. The molecule has 4 rings (SSSR count). The molecule has 0 unspecified atom stereocenters. The molecule has 3 fully saturated rings. The summed E-state index contributed by atoms with van der Waals surface area (Å²) < 4.78 is 11.2. The summed E-state index contributed by atoms with van der Waals surface area (Å²) in [5.41, 5.74) is 5.60. The lowest BCUT2D eigenvalue weighted by Gasteiger charge is -2.27. The van der Waals surface area contributed by atoms with Gasteiger partial charge < -0.3 is 9.47 Å². The maximum atomic E-state index is 12.8. The highest BCUT2D eigenvalue weighted by Crippen LogP contribution is 2.41. The average Bonchev–Trinajstić information content (AvgIpc) is 3.53. The predicted octanol–water partition coefficient (Wildman–Crippen LogP) is 3.62. The third-order valence-corrected chi connectivity index (χ3v) is 5.60. The number of ether oxygens (including phenoxy) is 2. The van der Waals surface area contributed by atoms with Gasteiger partial charge in [0.25, 0.3) is 5.91 Å². The van der Waals surface area contributed by atoms with Crippen molar-refractivity contribution >= 4 is 12.0 Å². The van der Waals surface area contributed by atoms with E-state index in [1.165, 1.54) is 36.3 Å². The molecule has 1 aliphatic heterocycles. The molecule has 0 atom stereocenters. The maximum absolute atomic E-state index is 12.8. The molecule has 2 saturated carbocycles. The Morgan fingerprint density at radius 2 is 2.07 bits per heavy atom. The number of hydrazine groups is 1. The fourth-order valence-corrected chi connectivity index (χ4v) is 3.51. The molecule has 6 nitrogen and oxygen atoms in total. The highest BCUT2D eigenvalue weighted by atomic mass is 16.6. The Labute approximate surface area is 160 Å². The van der Waals surface area contributed by atoms with Crippen LogP contribution in [-0.4, -0.2) is 36.8 Å². The Morgan fingerprint density at radius 3 is 2.78 bits per heavy atom. The van der Waals surface area contributed by atoms with Crippen LogP contribution in [0.15, 0.2) is 34.6 Å². The molecule has 1 N–H and O–H groups in total. The van der Waals surface area contributed by atoms with Crippen LogP contribution >= 0.6 is 0 Å². The van der Waals surface area contributed by atoms with E-state index in [9.17, 15) is 9.59 Å². The third-order valence-electron chi connectivity index (χ3n) is 5.60. The van der Waals surface area contributed by atoms with E-state index < -0.39 is 6.09 Å². The van der Waals surface area contributed by atoms with E-state index in [0.717, 1.165) is 43.1 Å². The van der Waals surface area contributed by atoms with Gasteiger partial charge in [0.15, 0.2) is 0 Å². The summed E-state index contributed by atoms with van der Waals surface area (Å²) in [5, 5.41) is 1.26. The molecule has 1 saturated heterocycles. The number of carbonyl (C=O) groups is 2. The highest BCUT2D eigenvalue weighted by Gasteiger charge is 2.30. The molecule has 0 aromatic rings. The standard InChI is InChI=1S/C21H28N2O4/c1-14-3-10-19(27-13-15-4-5-15)18(16-6-7-16)9-8-17(14)20(24)22-23-11-2-12-26-21(23)25/h8-9,15-16H,2-7,10-13H2,1H3,(H,22,24). The molecule has 27 heavy (non-hydrogen) atoms. The summed E-state index contributed by atoms with van der Waals surface area (Å²) in [6, 6.07) is 0. The number of amides is 2.